The lowest BCUT2D eigenvalue weighted by atomic mass is 10.2. The van der Waals surface area contributed by atoms with E-state index in [-0.39, 0.29) is 5.78 Å². The highest BCUT2D eigenvalue weighted by molar-refractivity contribution is 5.95. The summed E-state index contributed by atoms with van der Waals surface area (Å²) in [7, 11) is 1.78. The standard InChI is InChI=1S/C9H11NO2/c1-6-8(5-11)4-9(7(2)12)10(6)3/h4-5H,1-3H3. The lowest BCUT2D eigenvalue weighted by Crippen LogP contribution is -2.02. The Balaban J connectivity index is 3.34. The molecule has 0 saturated carbocycles. The summed E-state index contributed by atoms with van der Waals surface area (Å²) < 4.78 is 1.73. The molecule has 0 atom stereocenters. The Morgan fingerprint density at radius 1 is 1.58 bits per heavy atom. The number of carbonyl (C=O) groups excluding carboxylic acids is 2. The summed E-state index contributed by atoms with van der Waals surface area (Å²) in [6.07, 6.45) is 0.766. The maximum absolute atomic E-state index is 11.0. The van der Waals surface area contributed by atoms with Gasteiger partial charge in [0.2, 0.25) is 0 Å². The molecular formula is C9H11NO2. The smallest absolute Gasteiger partial charge is 0.176 e. The zero-order chi connectivity index (χ0) is 9.30. The molecule has 1 aromatic rings. The van der Waals surface area contributed by atoms with Crippen LogP contribution in [-0.4, -0.2) is 16.6 Å². The number of hydrogen-bond donors (Lipinski definition) is 0. The van der Waals surface area contributed by atoms with Crippen molar-refractivity contribution in [2.75, 3.05) is 0 Å². The third-order valence-electron chi connectivity index (χ3n) is 2.06. The van der Waals surface area contributed by atoms with E-state index in [2.05, 4.69) is 0 Å². The van der Waals surface area contributed by atoms with Crippen LogP contribution in [0.1, 0.15) is 33.5 Å². The van der Waals surface area contributed by atoms with Crippen LogP contribution in [0.2, 0.25) is 0 Å². The number of Topliss-reactive ketones (excluding diaryl/α,β-unsaturated/α-hetero) is 1. The van der Waals surface area contributed by atoms with E-state index in [1.54, 1.807) is 17.7 Å². The van der Waals surface area contributed by atoms with Gasteiger partial charge in [0.1, 0.15) is 0 Å². The largest absolute Gasteiger partial charge is 0.345 e. The number of nitrogens with zero attached hydrogens (tertiary/aromatic N) is 1. The van der Waals surface area contributed by atoms with Crippen molar-refractivity contribution in [2.45, 2.75) is 13.8 Å². The van der Waals surface area contributed by atoms with E-state index in [9.17, 15) is 9.59 Å². The Kier molecular flexibility index (Phi) is 2.13. The Hall–Kier alpha value is -1.38. The van der Waals surface area contributed by atoms with E-state index < -0.39 is 0 Å². The molecule has 1 heterocycles. The van der Waals surface area contributed by atoms with Gasteiger partial charge < -0.3 is 4.57 Å². The van der Waals surface area contributed by atoms with Crippen molar-refractivity contribution in [3.05, 3.63) is 23.0 Å². The van der Waals surface area contributed by atoms with Crippen LogP contribution < -0.4 is 0 Å². The maximum Gasteiger partial charge on any atom is 0.176 e. The topological polar surface area (TPSA) is 39.1 Å². The van der Waals surface area contributed by atoms with E-state index in [0.717, 1.165) is 12.0 Å². The van der Waals surface area contributed by atoms with Gasteiger partial charge in [-0.3, -0.25) is 9.59 Å². The summed E-state index contributed by atoms with van der Waals surface area (Å²) in [6.45, 7) is 3.31. The van der Waals surface area contributed by atoms with Gasteiger partial charge in [0.05, 0.1) is 5.69 Å². The molecule has 0 bridgehead atoms. The zero-order valence-corrected chi connectivity index (χ0v) is 7.42. The van der Waals surface area contributed by atoms with Gasteiger partial charge in [0.25, 0.3) is 0 Å². The summed E-state index contributed by atoms with van der Waals surface area (Å²) in [4.78, 5) is 21.5. The fraction of sp³-hybridized carbons (Fsp3) is 0.333. The summed E-state index contributed by atoms with van der Waals surface area (Å²) >= 11 is 0. The monoisotopic (exact) mass is 165 g/mol. The number of rotatable bonds is 2. The van der Waals surface area contributed by atoms with Crippen LogP contribution in [0.5, 0.6) is 0 Å². The molecule has 0 N–H and O–H groups in total. The van der Waals surface area contributed by atoms with Gasteiger partial charge >= 0.3 is 0 Å². The van der Waals surface area contributed by atoms with Gasteiger partial charge in [-0.2, -0.15) is 0 Å². The third kappa shape index (κ3) is 1.18. The van der Waals surface area contributed by atoms with Crippen molar-refractivity contribution in [1.29, 1.82) is 0 Å². The molecule has 0 aliphatic carbocycles. The van der Waals surface area contributed by atoms with Crippen LogP contribution >= 0.6 is 0 Å². The molecule has 0 radical (unpaired) electrons. The predicted molar refractivity (Wildman–Crippen MR) is 45.5 cm³/mol. The quantitative estimate of drug-likeness (QED) is 0.490. The second-order valence-corrected chi connectivity index (χ2v) is 2.80. The second kappa shape index (κ2) is 2.93. The predicted octanol–water partition coefficient (Wildman–Crippen LogP) is 1.35. The van der Waals surface area contributed by atoms with Crippen molar-refractivity contribution < 1.29 is 9.59 Å². The molecule has 0 aliphatic heterocycles. The summed E-state index contributed by atoms with van der Waals surface area (Å²) in [5.74, 6) is -0.0197. The maximum atomic E-state index is 11.0. The van der Waals surface area contributed by atoms with Crippen LogP contribution in [0.4, 0.5) is 0 Å². The lowest BCUT2D eigenvalue weighted by Gasteiger charge is -1.99. The fourth-order valence-corrected chi connectivity index (χ4v) is 1.18. The average molecular weight is 165 g/mol. The number of aldehydes is 1. The first-order valence-electron chi connectivity index (χ1n) is 3.70. The minimum Gasteiger partial charge on any atom is -0.345 e. The zero-order valence-electron chi connectivity index (χ0n) is 7.42. The highest BCUT2D eigenvalue weighted by atomic mass is 16.1. The molecule has 0 aliphatic rings. The van der Waals surface area contributed by atoms with Gasteiger partial charge in [-0.1, -0.05) is 0 Å². The summed E-state index contributed by atoms with van der Waals surface area (Å²) in [5.41, 5.74) is 1.99. The summed E-state index contributed by atoms with van der Waals surface area (Å²) in [6, 6.07) is 1.62. The van der Waals surface area contributed by atoms with E-state index in [0.29, 0.717) is 11.3 Å². The van der Waals surface area contributed by atoms with E-state index in [4.69, 9.17) is 0 Å². The first-order chi connectivity index (χ1) is 5.57. The second-order valence-electron chi connectivity index (χ2n) is 2.80. The number of aromatic nitrogens is 1. The molecule has 0 aromatic carbocycles. The Morgan fingerprint density at radius 2 is 2.17 bits per heavy atom. The van der Waals surface area contributed by atoms with Crippen LogP contribution in [0.15, 0.2) is 6.07 Å². The molecule has 1 aromatic heterocycles. The molecular weight excluding hydrogens is 154 g/mol. The van der Waals surface area contributed by atoms with Crippen molar-refractivity contribution in [3.8, 4) is 0 Å². The molecule has 1 rings (SSSR count). The highest BCUT2D eigenvalue weighted by Gasteiger charge is 2.10. The van der Waals surface area contributed by atoms with E-state index >= 15 is 0 Å². The Bertz CT molecular complexity index is 337. The van der Waals surface area contributed by atoms with Crippen LogP contribution in [0.25, 0.3) is 0 Å². The van der Waals surface area contributed by atoms with Crippen LogP contribution in [0.3, 0.4) is 0 Å². The first-order valence-corrected chi connectivity index (χ1v) is 3.70. The molecule has 0 spiro atoms. The van der Waals surface area contributed by atoms with E-state index in [1.165, 1.54) is 6.92 Å². The lowest BCUT2D eigenvalue weighted by molar-refractivity contribution is 0.100. The van der Waals surface area contributed by atoms with Gasteiger partial charge in [-0.15, -0.1) is 0 Å². The van der Waals surface area contributed by atoms with Crippen molar-refractivity contribution >= 4 is 12.1 Å². The van der Waals surface area contributed by atoms with E-state index in [1.807, 2.05) is 6.92 Å². The normalized spacial score (nSPS) is 9.92. The number of hydrogen-bond acceptors (Lipinski definition) is 2. The Morgan fingerprint density at radius 3 is 2.42 bits per heavy atom. The SMILES string of the molecule is CC(=O)c1cc(C=O)c(C)n1C. The van der Waals surface area contributed by atoms with Crippen molar-refractivity contribution in [1.82, 2.24) is 4.57 Å². The molecule has 0 unspecified atom stereocenters. The van der Waals surface area contributed by atoms with Crippen LogP contribution in [0, 0.1) is 6.92 Å². The van der Waals surface area contributed by atoms with Gasteiger partial charge in [-0.25, -0.2) is 0 Å². The third-order valence-corrected chi connectivity index (χ3v) is 2.06. The highest BCUT2D eigenvalue weighted by Crippen LogP contribution is 2.11. The molecule has 0 amide bonds. The minimum absolute atomic E-state index is 0.0197. The first kappa shape index (κ1) is 8.71. The number of carbonyl (C=O) groups is 2. The van der Waals surface area contributed by atoms with Gasteiger partial charge in [0, 0.05) is 25.2 Å². The van der Waals surface area contributed by atoms with Gasteiger partial charge in [-0.05, 0) is 13.0 Å². The average Bonchev–Trinajstić information content (AvgIpc) is 2.30. The van der Waals surface area contributed by atoms with Crippen LogP contribution in [-0.2, 0) is 7.05 Å². The molecule has 0 fully saturated rings. The molecule has 3 nitrogen and oxygen atoms in total. The molecule has 64 valence electrons. The van der Waals surface area contributed by atoms with Crippen molar-refractivity contribution in [3.63, 3.8) is 0 Å². The fourth-order valence-electron chi connectivity index (χ4n) is 1.18. The molecule has 3 heteroatoms. The van der Waals surface area contributed by atoms with Gasteiger partial charge in [0.15, 0.2) is 12.1 Å². The van der Waals surface area contributed by atoms with Crippen molar-refractivity contribution in [2.24, 2.45) is 7.05 Å². The number of ketones is 1. The molecule has 0 saturated heterocycles. The minimum atomic E-state index is -0.0197. The molecule has 12 heavy (non-hydrogen) atoms. The Labute approximate surface area is 71.0 Å². The summed E-state index contributed by atoms with van der Waals surface area (Å²) in [5, 5.41) is 0.